The lowest BCUT2D eigenvalue weighted by Gasteiger charge is -2.02. The van der Waals surface area contributed by atoms with Gasteiger partial charge in [0.25, 0.3) is 0 Å². The molecule has 0 bridgehead atoms. The van der Waals surface area contributed by atoms with Crippen LogP contribution in [0.15, 0.2) is 18.5 Å². The Kier molecular flexibility index (Phi) is 3.52. The molecule has 0 aliphatic rings. The van der Waals surface area contributed by atoms with Gasteiger partial charge in [-0.15, -0.1) is 12.3 Å². The van der Waals surface area contributed by atoms with Crippen molar-refractivity contribution in [3.8, 4) is 18.1 Å². The Morgan fingerprint density at radius 2 is 2.46 bits per heavy atom. The second-order valence-corrected chi connectivity index (χ2v) is 2.37. The number of aldehydes is 1. The highest BCUT2D eigenvalue weighted by molar-refractivity contribution is 5.74. The van der Waals surface area contributed by atoms with Crippen LogP contribution in [0.5, 0.6) is 5.75 Å². The minimum Gasteiger partial charge on any atom is -0.491 e. The fourth-order valence-corrected chi connectivity index (χ4v) is 0.807. The molecule has 1 aromatic rings. The third-order valence-electron chi connectivity index (χ3n) is 1.39. The Bertz CT molecular complexity index is 328. The van der Waals surface area contributed by atoms with Gasteiger partial charge in [0, 0.05) is 18.2 Å². The number of hydrogen-bond acceptors (Lipinski definition) is 3. The van der Waals surface area contributed by atoms with Crippen LogP contribution in [-0.4, -0.2) is 17.9 Å². The molecule has 0 radical (unpaired) electrons. The van der Waals surface area contributed by atoms with Crippen molar-refractivity contribution in [1.82, 2.24) is 4.98 Å². The predicted octanol–water partition coefficient (Wildman–Crippen LogP) is 1.30. The van der Waals surface area contributed by atoms with Crippen molar-refractivity contribution in [3.05, 3.63) is 24.0 Å². The maximum Gasteiger partial charge on any atom is 0.151 e. The van der Waals surface area contributed by atoms with Crippen LogP contribution in [-0.2, 0) is 0 Å². The molecular weight excluding hydrogens is 166 g/mol. The van der Waals surface area contributed by atoms with Crippen LogP contribution in [0.4, 0.5) is 0 Å². The van der Waals surface area contributed by atoms with Gasteiger partial charge in [0.1, 0.15) is 5.75 Å². The summed E-state index contributed by atoms with van der Waals surface area (Å²) in [4.78, 5) is 14.2. The van der Waals surface area contributed by atoms with Crippen LogP contribution in [0.3, 0.4) is 0 Å². The fraction of sp³-hybridized carbons (Fsp3) is 0.200. The molecule has 1 rings (SSSR count). The van der Waals surface area contributed by atoms with Gasteiger partial charge >= 0.3 is 0 Å². The summed E-state index contributed by atoms with van der Waals surface area (Å²) in [6.45, 7) is 0.445. The van der Waals surface area contributed by atoms with E-state index in [9.17, 15) is 4.79 Å². The number of rotatable bonds is 4. The molecule has 0 atom stereocenters. The molecule has 0 N–H and O–H groups in total. The number of carbonyl (C=O) groups is 1. The molecule has 3 nitrogen and oxygen atoms in total. The molecule has 0 aliphatic heterocycles. The second kappa shape index (κ2) is 4.94. The van der Waals surface area contributed by atoms with Gasteiger partial charge in [-0.1, -0.05) is 0 Å². The summed E-state index contributed by atoms with van der Waals surface area (Å²) in [5.74, 6) is 3.02. The zero-order valence-corrected chi connectivity index (χ0v) is 7.06. The lowest BCUT2D eigenvalue weighted by Crippen LogP contribution is -1.96. The molecular formula is C10H9NO2. The summed E-state index contributed by atoms with van der Waals surface area (Å²) in [6, 6.07) is 1.62. The van der Waals surface area contributed by atoms with E-state index in [0.717, 1.165) is 6.29 Å². The summed E-state index contributed by atoms with van der Waals surface area (Å²) < 4.78 is 5.22. The van der Waals surface area contributed by atoms with Gasteiger partial charge in [-0.05, 0) is 6.07 Å². The Labute approximate surface area is 76.8 Å². The lowest BCUT2D eigenvalue weighted by molar-refractivity contribution is 0.112. The Morgan fingerprint density at radius 1 is 1.62 bits per heavy atom. The van der Waals surface area contributed by atoms with Gasteiger partial charge in [0.05, 0.1) is 12.8 Å². The van der Waals surface area contributed by atoms with Crippen LogP contribution < -0.4 is 4.74 Å². The van der Waals surface area contributed by atoms with E-state index < -0.39 is 0 Å². The second-order valence-electron chi connectivity index (χ2n) is 2.37. The number of pyridine rings is 1. The summed E-state index contributed by atoms with van der Waals surface area (Å²) in [5, 5.41) is 0. The summed E-state index contributed by atoms with van der Waals surface area (Å²) in [6.07, 6.45) is 9.34. The molecule has 0 aliphatic carbocycles. The van der Waals surface area contributed by atoms with E-state index in [1.165, 1.54) is 6.20 Å². The van der Waals surface area contributed by atoms with Crippen LogP contribution in [0.2, 0.25) is 0 Å². The van der Waals surface area contributed by atoms with E-state index in [0.29, 0.717) is 24.3 Å². The number of ether oxygens (including phenoxy) is 1. The average Bonchev–Trinajstić information content (AvgIpc) is 2.19. The number of hydrogen-bond donors (Lipinski definition) is 0. The minimum atomic E-state index is 0.445. The number of aromatic nitrogens is 1. The van der Waals surface area contributed by atoms with E-state index >= 15 is 0 Å². The molecule has 0 spiro atoms. The standard InChI is InChI=1S/C10H9NO2/c1-2-3-4-13-10-5-9(8-12)6-11-7-10/h1,5-8H,3-4H2. The highest BCUT2D eigenvalue weighted by Gasteiger charge is 1.95. The van der Waals surface area contributed by atoms with Gasteiger partial charge in [0.15, 0.2) is 6.29 Å². The highest BCUT2D eigenvalue weighted by Crippen LogP contribution is 2.09. The van der Waals surface area contributed by atoms with Crippen molar-refractivity contribution >= 4 is 6.29 Å². The normalized spacial score (nSPS) is 8.85. The van der Waals surface area contributed by atoms with Crippen LogP contribution in [0.25, 0.3) is 0 Å². The Hall–Kier alpha value is -1.82. The fourth-order valence-electron chi connectivity index (χ4n) is 0.807. The first-order valence-corrected chi connectivity index (χ1v) is 3.83. The molecule has 13 heavy (non-hydrogen) atoms. The van der Waals surface area contributed by atoms with E-state index in [-0.39, 0.29) is 0 Å². The first-order chi connectivity index (χ1) is 6.36. The number of terminal acetylenes is 1. The molecule has 0 aromatic carbocycles. The van der Waals surface area contributed by atoms with Crippen LogP contribution >= 0.6 is 0 Å². The minimum absolute atomic E-state index is 0.445. The van der Waals surface area contributed by atoms with E-state index in [1.54, 1.807) is 12.3 Å². The van der Waals surface area contributed by atoms with Gasteiger partial charge < -0.3 is 4.74 Å². The molecule has 0 fully saturated rings. The summed E-state index contributed by atoms with van der Waals surface area (Å²) in [5.41, 5.74) is 0.498. The topological polar surface area (TPSA) is 39.2 Å². The zero-order valence-electron chi connectivity index (χ0n) is 7.06. The van der Waals surface area contributed by atoms with Gasteiger partial charge in [-0.3, -0.25) is 9.78 Å². The van der Waals surface area contributed by atoms with Gasteiger partial charge in [-0.25, -0.2) is 0 Å². The molecule has 3 heteroatoms. The SMILES string of the molecule is C#CCCOc1cncc(C=O)c1. The van der Waals surface area contributed by atoms with Crippen molar-refractivity contribution in [3.63, 3.8) is 0 Å². The number of nitrogens with zero attached hydrogens (tertiary/aromatic N) is 1. The average molecular weight is 175 g/mol. The molecule has 1 heterocycles. The first kappa shape index (κ1) is 9.27. The summed E-state index contributed by atoms with van der Waals surface area (Å²) >= 11 is 0. The monoisotopic (exact) mass is 175 g/mol. The highest BCUT2D eigenvalue weighted by atomic mass is 16.5. The van der Waals surface area contributed by atoms with Crippen molar-refractivity contribution in [2.75, 3.05) is 6.61 Å². The largest absolute Gasteiger partial charge is 0.491 e. The number of carbonyl (C=O) groups excluding carboxylic acids is 1. The van der Waals surface area contributed by atoms with Crippen LogP contribution in [0.1, 0.15) is 16.8 Å². The Morgan fingerprint density at radius 3 is 3.15 bits per heavy atom. The molecule has 0 saturated carbocycles. The molecule has 66 valence electrons. The zero-order chi connectivity index (χ0) is 9.52. The molecule has 0 saturated heterocycles. The van der Waals surface area contributed by atoms with Crippen molar-refractivity contribution in [2.24, 2.45) is 0 Å². The van der Waals surface area contributed by atoms with Crippen molar-refractivity contribution in [2.45, 2.75) is 6.42 Å². The van der Waals surface area contributed by atoms with E-state index in [2.05, 4.69) is 10.9 Å². The quantitative estimate of drug-likeness (QED) is 0.393. The maximum atomic E-state index is 10.4. The Balaban J connectivity index is 2.57. The third-order valence-corrected chi connectivity index (χ3v) is 1.39. The van der Waals surface area contributed by atoms with Gasteiger partial charge in [0.2, 0.25) is 0 Å². The predicted molar refractivity (Wildman–Crippen MR) is 48.6 cm³/mol. The van der Waals surface area contributed by atoms with Crippen molar-refractivity contribution < 1.29 is 9.53 Å². The maximum absolute atomic E-state index is 10.4. The molecule has 1 aromatic heterocycles. The van der Waals surface area contributed by atoms with Gasteiger partial charge in [-0.2, -0.15) is 0 Å². The van der Waals surface area contributed by atoms with E-state index in [1.807, 2.05) is 0 Å². The summed E-state index contributed by atoms with van der Waals surface area (Å²) in [7, 11) is 0. The van der Waals surface area contributed by atoms with Crippen molar-refractivity contribution in [1.29, 1.82) is 0 Å². The van der Waals surface area contributed by atoms with E-state index in [4.69, 9.17) is 11.2 Å². The van der Waals surface area contributed by atoms with Crippen LogP contribution in [0, 0.1) is 12.3 Å². The molecule has 0 unspecified atom stereocenters. The third kappa shape index (κ3) is 2.96. The first-order valence-electron chi connectivity index (χ1n) is 3.83. The lowest BCUT2D eigenvalue weighted by atomic mass is 10.3. The molecule has 0 amide bonds. The smallest absolute Gasteiger partial charge is 0.151 e.